The van der Waals surface area contributed by atoms with E-state index in [0.717, 1.165) is 64.2 Å². The number of ether oxygens (including phenoxy) is 2. The largest absolute Gasteiger partial charge is 0.756 e. The normalized spacial score (nSPS) is 13.2. The minimum absolute atomic E-state index is 0.0280. The lowest BCUT2D eigenvalue weighted by Gasteiger charge is -2.28. The summed E-state index contributed by atoms with van der Waals surface area (Å²) in [6.07, 6.45) is 113. The Morgan fingerprint density at radius 3 is 0.833 bits per heavy atom. The van der Waals surface area contributed by atoms with Crippen molar-refractivity contribution in [3.63, 3.8) is 0 Å². The molecule has 102 heavy (non-hydrogen) atoms. The minimum atomic E-state index is -4.65. The van der Waals surface area contributed by atoms with E-state index in [-0.39, 0.29) is 32.0 Å². The first kappa shape index (κ1) is 99.7. The van der Waals surface area contributed by atoms with Gasteiger partial charge in [0.2, 0.25) is 0 Å². The fraction of sp³-hybridized carbons (Fsp3) is 0.870. The van der Waals surface area contributed by atoms with Crippen LogP contribution in [0.1, 0.15) is 463 Å². The number of quaternary nitrogens is 1. The van der Waals surface area contributed by atoms with Crippen LogP contribution in [-0.4, -0.2) is 70.0 Å². The van der Waals surface area contributed by atoms with Crippen LogP contribution in [0.2, 0.25) is 0 Å². The Morgan fingerprint density at radius 1 is 0.314 bits per heavy atom. The fourth-order valence-corrected chi connectivity index (χ4v) is 14.5. The SMILES string of the molecule is CC/C=C\C/C=C\C/C=C\C/C=C\C/C=C\CCCCCCCCCCCCCCCCCCCCCCCC(=O)OC(COC(=O)CCCCCCCCCCCCCCCCCCCCCCCCCCCCCCCCCCCCCCCCCCC)COP(=O)([O-])OCC[N+](C)(C)C. The lowest BCUT2D eigenvalue weighted by atomic mass is 10.0. The second kappa shape index (κ2) is 82.8. The van der Waals surface area contributed by atoms with Crippen molar-refractivity contribution < 1.29 is 42.1 Å². The van der Waals surface area contributed by atoms with Crippen molar-refractivity contribution in [2.45, 2.75) is 469 Å². The maximum atomic E-state index is 12.9. The summed E-state index contributed by atoms with van der Waals surface area (Å²) in [7, 11) is 1.19. The lowest BCUT2D eigenvalue weighted by Crippen LogP contribution is -2.37. The predicted octanol–water partition coefficient (Wildman–Crippen LogP) is 29.8. The summed E-state index contributed by atoms with van der Waals surface area (Å²) in [4.78, 5) is 38.3. The van der Waals surface area contributed by atoms with Gasteiger partial charge in [-0.05, 0) is 57.8 Å². The van der Waals surface area contributed by atoms with Crippen LogP contribution in [0.3, 0.4) is 0 Å². The molecule has 600 valence electrons. The van der Waals surface area contributed by atoms with Crippen LogP contribution < -0.4 is 4.89 Å². The van der Waals surface area contributed by atoms with E-state index in [2.05, 4.69) is 74.6 Å². The Balaban J connectivity index is 3.84. The standard InChI is InChI=1S/C92H174NO8P/c1-6-8-10-12-14-16-18-20-22-24-26-28-30-32-34-36-38-40-42-44-45-46-47-49-50-52-54-56-58-60-62-64-66-68-70-72-74-76-78-80-82-84-91(94)98-88-90(89-100-102(96,97)99-87-86-93(3,4)5)101-92(95)85-83-81-79-77-75-73-71-69-67-65-63-61-59-57-55-53-51-48-43-41-39-37-35-33-31-29-27-25-23-21-19-17-15-13-11-9-7-2/h9,11,15,17,21,23,27,29,33,35,90H,6-8,10,12-14,16,18-20,22,24-26,28,30-32,34,36-89H2,1-5H3/b11-9-,17-15-,23-21-,29-27-,35-33-. The molecule has 0 N–H and O–H groups in total. The molecule has 0 spiro atoms. The predicted molar refractivity (Wildman–Crippen MR) is 443 cm³/mol. The Bertz CT molecular complexity index is 1910. The molecule has 0 rings (SSSR count). The molecule has 0 bridgehead atoms. The molecule has 9 nitrogen and oxygen atoms in total. The number of rotatable bonds is 85. The summed E-state index contributed by atoms with van der Waals surface area (Å²) in [5, 5.41) is 0. The van der Waals surface area contributed by atoms with E-state index in [9.17, 15) is 19.0 Å². The third-order valence-electron chi connectivity index (χ3n) is 20.6. The van der Waals surface area contributed by atoms with Gasteiger partial charge >= 0.3 is 11.9 Å². The summed E-state index contributed by atoms with van der Waals surface area (Å²) in [6, 6.07) is 0. The molecule has 0 radical (unpaired) electrons. The highest BCUT2D eigenvalue weighted by atomic mass is 31.2. The number of esters is 2. The number of allylic oxidation sites excluding steroid dienone is 10. The van der Waals surface area contributed by atoms with Gasteiger partial charge in [-0.2, -0.15) is 0 Å². The summed E-state index contributed by atoms with van der Waals surface area (Å²) in [6.45, 7) is 4.21. The third kappa shape index (κ3) is 86.6. The lowest BCUT2D eigenvalue weighted by molar-refractivity contribution is -0.870. The summed E-state index contributed by atoms with van der Waals surface area (Å²) < 4.78 is 34.5. The summed E-state index contributed by atoms with van der Waals surface area (Å²) in [5.74, 6) is -0.806. The van der Waals surface area contributed by atoms with Gasteiger partial charge in [0, 0.05) is 12.8 Å². The van der Waals surface area contributed by atoms with E-state index in [1.807, 2.05) is 21.1 Å². The molecule has 0 aliphatic heterocycles. The molecule has 0 saturated carbocycles. The first-order valence-electron chi connectivity index (χ1n) is 45.0. The van der Waals surface area contributed by atoms with Gasteiger partial charge in [0.1, 0.15) is 19.8 Å². The average molecular weight is 1450 g/mol. The van der Waals surface area contributed by atoms with Crippen molar-refractivity contribution >= 4 is 19.8 Å². The first-order chi connectivity index (χ1) is 50.0. The van der Waals surface area contributed by atoms with Gasteiger partial charge in [0.25, 0.3) is 7.82 Å². The van der Waals surface area contributed by atoms with E-state index < -0.39 is 26.5 Å². The molecular formula is C92H174NO8P. The number of nitrogens with zero attached hydrogens (tertiary/aromatic N) is 1. The molecule has 2 atom stereocenters. The van der Waals surface area contributed by atoms with Crippen LogP contribution >= 0.6 is 7.82 Å². The smallest absolute Gasteiger partial charge is 0.306 e. The average Bonchev–Trinajstić information content (AvgIpc) is 0.913. The zero-order valence-corrected chi connectivity index (χ0v) is 69.7. The van der Waals surface area contributed by atoms with Crippen LogP contribution in [-0.2, 0) is 32.7 Å². The number of phosphoric acid groups is 1. The molecule has 10 heteroatoms. The van der Waals surface area contributed by atoms with Crippen LogP contribution in [0.25, 0.3) is 0 Å². The minimum Gasteiger partial charge on any atom is -0.756 e. The van der Waals surface area contributed by atoms with E-state index >= 15 is 0 Å². The number of likely N-dealkylation sites (N-methyl/N-ethyl adjacent to an activating group) is 1. The number of carbonyl (C=O) groups is 2. The second-order valence-electron chi connectivity index (χ2n) is 31.9. The quantitative estimate of drug-likeness (QED) is 0.0195. The highest BCUT2D eigenvalue weighted by Crippen LogP contribution is 2.38. The summed E-state index contributed by atoms with van der Waals surface area (Å²) in [5.41, 5.74) is 0. The van der Waals surface area contributed by atoms with Crippen LogP contribution in [0.4, 0.5) is 0 Å². The maximum Gasteiger partial charge on any atom is 0.306 e. The molecular weight excluding hydrogens is 1280 g/mol. The van der Waals surface area contributed by atoms with E-state index in [0.29, 0.717) is 17.4 Å². The topological polar surface area (TPSA) is 111 Å². The number of unbranched alkanes of at least 4 members (excludes halogenated alkanes) is 61. The third-order valence-corrected chi connectivity index (χ3v) is 21.5. The summed E-state index contributed by atoms with van der Waals surface area (Å²) >= 11 is 0. The van der Waals surface area contributed by atoms with Gasteiger partial charge in [-0.15, -0.1) is 0 Å². The van der Waals surface area contributed by atoms with Crippen LogP contribution in [0.15, 0.2) is 60.8 Å². The number of hydrogen-bond donors (Lipinski definition) is 0. The fourth-order valence-electron chi connectivity index (χ4n) is 13.8. The van der Waals surface area contributed by atoms with Gasteiger partial charge in [-0.25, -0.2) is 0 Å². The van der Waals surface area contributed by atoms with Gasteiger partial charge in [-0.3, -0.25) is 14.2 Å². The molecule has 0 amide bonds. The van der Waals surface area contributed by atoms with Gasteiger partial charge in [0.05, 0.1) is 27.7 Å². The monoisotopic (exact) mass is 1450 g/mol. The molecule has 0 aromatic heterocycles. The molecule has 0 aromatic rings. The van der Waals surface area contributed by atoms with Gasteiger partial charge in [-0.1, -0.05) is 453 Å². The molecule has 0 aliphatic carbocycles. The maximum absolute atomic E-state index is 12.9. The van der Waals surface area contributed by atoms with Crippen molar-refractivity contribution in [1.82, 2.24) is 0 Å². The van der Waals surface area contributed by atoms with Crippen molar-refractivity contribution in [2.75, 3.05) is 47.5 Å². The number of hydrogen-bond acceptors (Lipinski definition) is 8. The Morgan fingerprint density at radius 2 is 0.559 bits per heavy atom. The van der Waals surface area contributed by atoms with E-state index in [4.69, 9.17) is 18.5 Å². The molecule has 0 aliphatic rings. The van der Waals surface area contributed by atoms with Crippen molar-refractivity contribution in [1.29, 1.82) is 0 Å². The van der Waals surface area contributed by atoms with E-state index in [1.54, 1.807) is 0 Å². The number of carbonyl (C=O) groups excluding carboxylic acids is 2. The highest BCUT2D eigenvalue weighted by molar-refractivity contribution is 7.45. The van der Waals surface area contributed by atoms with E-state index in [1.165, 1.54) is 366 Å². The van der Waals surface area contributed by atoms with Crippen molar-refractivity contribution in [3.8, 4) is 0 Å². The van der Waals surface area contributed by atoms with Crippen LogP contribution in [0, 0.1) is 0 Å². The van der Waals surface area contributed by atoms with Gasteiger partial charge in [0.15, 0.2) is 6.10 Å². The zero-order valence-electron chi connectivity index (χ0n) is 68.8. The second-order valence-corrected chi connectivity index (χ2v) is 33.4. The van der Waals surface area contributed by atoms with Crippen molar-refractivity contribution in [2.24, 2.45) is 0 Å². The van der Waals surface area contributed by atoms with Crippen molar-refractivity contribution in [3.05, 3.63) is 60.8 Å². The Hall–Kier alpha value is -2.29. The molecule has 0 saturated heterocycles. The highest BCUT2D eigenvalue weighted by Gasteiger charge is 2.22. The molecule has 0 aromatic carbocycles. The molecule has 0 heterocycles. The van der Waals surface area contributed by atoms with Crippen LogP contribution in [0.5, 0.6) is 0 Å². The number of phosphoric ester groups is 1. The first-order valence-corrected chi connectivity index (χ1v) is 46.5. The zero-order chi connectivity index (χ0) is 74.0. The molecule has 0 fully saturated rings. The van der Waals surface area contributed by atoms with Gasteiger partial charge < -0.3 is 27.9 Å². The Kier molecular flexibility index (Phi) is 80.9. The molecule has 2 unspecified atom stereocenters. The Labute approximate surface area is 636 Å².